The van der Waals surface area contributed by atoms with Crippen LogP contribution in [0.2, 0.25) is 0 Å². The predicted octanol–water partition coefficient (Wildman–Crippen LogP) is 1.28. The molecule has 0 fully saturated rings. The van der Waals surface area contributed by atoms with Crippen molar-refractivity contribution in [1.29, 1.82) is 0 Å². The molecule has 0 aliphatic heterocycles. The fourth-order valence-corrected chi connectivity index (χ4v) is 1.69. The maximum absolute atomic E-state index is 11.9. The third-order valence-electron chi connectivity index (χ3n) is 2.57. The van der Waals surface area contributed by atoms with Crippen LogP contribution < -0.4 is 15.6 Å². The van der Waals surface area contributed by atoms with Gasteiger partial charge in [0.05, 0.1) is 18.6 Å². The lowest BCUT2D eigenvalue weighted by Gasteiger charge is -2.11. The summed E-state index contributed by atoms with van der Waals surface area (Å²) >= 11 is 0. The molecule has 0 atom stereocenters. The number of benzene rings is 1. The van der Waals surface area contributed by atoms with Crippen molar-refractivity contribution in [2.75, 3.05) is 11.9 Å². The van der Waals surface area contributed by atoms with Gasteiger partial charge in [0, 0.05) is 12.3 Å². The molecule has 1 N–H and O–H groups in total. The number of amides is 1. The third kappa shape index (κ3) is 3.44. The van der Waals surface area contributed by atoms with E-state index in [2.05, 4.69) is 10.3 Å². The van der Waals surface area contributed by atoms with Crippen LogP contribution in [0.5, 0.6) is 5.75 Å². The van der Waals surface area contributed by atoms with Crippen molar-refractivity contribution in [3.63, 3.8) is 0 Å². The van der Waals surface area contributed by atoms with E-state index in [0.717, 1.165) is 0 Å². The Labute approximate surface area is 116 Å². The number of anilines is 1. The highest BCUT2D eigenvalue weighted by Gasteiger charge is 2.08. The zero-order valence-electron chi connectivity index (χ0n) is 11.1. The largest absolute Gasteiger partial charge is 0.492 e. The normalized spacial score (nSPS) is 10.1. The molecule has 0 bridgehead atoms. The van der Waals surface area contributed by atoms with Gasteiger partial charge >= 0.3 is 0 Å². The van der Waals surface area contributed by atoms with Crippen molar-refractivity contribution < 1.29 is 9.53 Å². The smallest absolute Gasteiger partial charge is 0.253 e. The maximum Gasteiger partial charge on any atom is 0.253 e. The number of aromatic nitrogens is 2. The van der Waals surface area contributed by atoms with Crippen LogP contribution in [0.4, 0.5) is 5.69 Å². The molecule has 2 rings (SSSR count). The Balaban J connectivity index is 2.09. The summed E-state index contributed by atoms with van der Waals surface area (Å²) in [5.74, 6) is 0.286. The molecule has 1 heterocycles. The first-order valence-corrected chi connectivity index (χ1v) is 6.23. The molecule has 0 aliphatic carbocycles. The molecule has 0 saturated carbocycles. The Kier molecular flexibility index (Phi) is 4.49. The first-order valence-electron chi connectivity index (χ1n) is 6.23. The molecular weight excluding hydrogens is 258 g/mol. The van der Waals surface area contributed by atoms with E-state index >= 15 is 0 Å². The number of nitrogens with one attached hydrogen (secondary N) is 1. The zero-order valence-corrected chi connectivity index (χ0v) is 11.1. The second-order valence-corrected chi connectivity index (χ2v) is 4.02. The second kappa shape index (κ2) is 6.51. The fraction of sp³-hybridized carbons (Fsp3) is 0.214. The fourth-order valence-electron chi connectivity index (χ4n) is 1.69. The molecule has 0 unspecified atom stereocenters. The summed E-state index contributed by atoms with van der Waals surface area (Å²) in [4.78, 5) is 27.2. The van der Waals surface area contributed by atoms with Gasteiger partial charge in [-0.25, -0.2) is 4.98 Å². The maximum atomic E-state index is 11.9. The van der Waals surface area contributed by atoms with Crippen LogP contribution in [0.1, 0.15) is 6.92 Å². The quantitative estimate of drug-likeness (QED) is 0.890. The van der Waals surface area contributed by atoms with Crippen molar-refractivity contribution in [2.45, 2.75) is 13.5 Å². The average Bonchev–Trinajstić information content (AvgIpc) is 2.44. The van der Waals surface area contributed by atoms with Crippen LogP contribution in [0.25, 0.3) is 0 Å². The van der Waals surface area contributed by atoms with E-state index in [4.69, 9.17) is 4.74 Å². The molecule has 2 aromatic rings. The van der Waals surface area contributed by atoms with Crippen molar-refractivity contribution in [1.82, 2.24) is 9.55 Å². The number of ether oxygens (including phenoxy) is 1. The van der Waals surface area contributed by atoms with Crippen molar-refractivity contribution >= 4 is 11.6 Å². The van der Waals surface area contributed by atoms with Gasteiger partial charge < -0.3 is 10.1 Å². The standard InChI is InChI=1S/C14H15N3O3/c1-2-20-12-6-4-3-5-11(12)16-13(18)9-17-10-15-8-7-14(17)19/h3-8,10H,2,9H2,1H3,(H,16,18). The highest BCUT2D eigenvalue weighted by molar-refractivity contribution is 5.92. The van der Waals surface area contributed by atoms with Crippen LogP contribution in [0.15, 0.2) is 47.7 Å². The minimum atomic E-state index is -0.313. The van der Waals surface area contributed by atoms with E-state index in [1.807, 2.05) is 13.0 Å². The summed E-state index contributed by atoms with van der Waals surface area (Å²) in [6.07, 6.45) is 2.72. The summed E-state index contributed by atoms with van der Waals surface area (Å²) in [6.45, 7) is 2.29. The molecule has 0 aliphatic rings. The highest BCUT2D eigenvalue weighted by Crippen LogP contribution is 2.23. The van der Waals surface area contributed by atoms with E-state index in [1.54, 1.807) is 18.2 Å². The van der Waals surface area contributed by atoms with Gasteiger partial charge in [-0.05, 0) is 19.1 Å². The van der Waals surface area contributed by atoms with Crippen LogP contribution in [0, 0.1) is 0 Å². The molecule has 1 aromatic carbocycles. The lowest BCUT2D eigenvalue weighted by atomic mass is 10.3. The lowest BCUT2D eigenvalue weighted by molar-refractivity contribution is -0.116. The van der Waals surface area contributed by atoms with Crippen molar-refractivity contribution in [2.24, 2.45) is 0 Å². The van der Waals surface area contributed by atoms with E-state index in [-0.39, 0.29) is 18.0 Å². The van der Waals surface area contributed by atoms with Crippen molar-refractivity contribution in [3.8, 4) is 5.75 Å². The number of hydrogen-bond acceptors (Lipinski definition) is 4. The Morgan fingerprint density at radius 2 is 2.15 bits per heavy atom. The molecule has 0 radical (unpaired) electrons. The van der Waals surface area contributed by atoms with Gasteiger partial charge in [-0.1, -0.05) is 12.1 Å². The van der Waals surface area contributed by atoms with E-state index in [9.17, 15) is 9.59 Å². The molecule has 20 heavy (non-hydrogen) atoms. The molecule has 0 saturated heterocycles. The number of hydrogen-bond donors (Lipinski definition) is 1. The molecular formula is C14H15N3O3. The Hall–Kier alpha value is -2.63. The molecule has 0 spiro atoms. The third-order valence-corrected chi connectivity index (χ3v) is 2.57. The van der Waals surface area contributed by atoms with Crippen LogP contribution in [-0.2, 0) is 11.3 Å². The average molecular weight is 273 g/mol. The van der Waals surface area contributed by atoms with E-state index in [1.165, 1.54) is 23.2 Å². The summed E-state index contributed by atoms with van der Waals surface area (Å²) in [5, 5.41) is 2.72. The van der Waals surface area contributed by atoms with Crippen molar-refractivity contribution in [3.05, 3.63) is 53.2 Å². The highest BCUT2D eigenvalue weighted by atomic mass is 16.5. The second-order valence-electron chi connectivity index (χ2n) is 4.02. The van der Waals surface area contributed by atoms with Gasteiger partial charge in [-0.15, -0.1) is 0 Å². The molecule has 1 aromatic heterocycles. The van der Waals surface area contributed by atoms with E-state index in [0.29, 0.717) is 18.0 Å². The summed E-state index contributed by atoms with van der Waals surface area (Å²) in [6, 6.07) is 8.45. The van der Waals surface area contributed by atoms with Gasteiger partial charge in [-0.3, -0.25) is 14.2 Å². The zero-order chi connectivity index (χ0) is 14.4. The van der Waals surface area contributed by atoms with Crippen LogP contribution in [-0.4, -0.2) is 22.1 Å². The number of nitrogens with zero attached hydrogens (tertiary/aromatic N) is 2. The van der Waals surface area contributed by atoms with Gasteiger partial charge in [0.15, 0.2) is 0 Å². The lowest BCUT2D eigenvalue weighted by Crippen LogP contribution is -2.27. The van der Waals surface area contributed by atoms with Gasteiger partial charge in [-0.2, -0.15) is 0 Å². The van der Waals surface area contributed by atoms with Gasteiger partial charge in [0.25, 0.3) is 5.56 Å². The molecule has 6 heteroatoms. The first-order chi connectivity index (χ1) is 9.70. The Bertz CT molecular complexity index is 652. The molecule has 1 amide bonds. The number of rotatable bonds is 5. The summed E-state index contributed by atoms with van der Waals surface area (Å²) in [7, 11) is 0. The predicted molar refractivity (Wildman–Crippen MR) is 74.7 cm³/mol. The van der Waals surface area contributed by atoms with E-state index < -0.39 is 0 Å². The van der Waals surface area contributed by atoms with Gasteiger partial charge in [0.1, 0.15) is 12.3 Å². The topological polar surface area (TPSA) is 73.2 Å². The van der Waals surface area contributed by atoms with Crippen LogP contribution >= 0.6 is 0 Å². The summed E-state index contributed by atoms with van der Waals surface area (Å²) < 4.78 is 6.65. The van der Waals surface area contributed by atoms with Gasteiger partial charge in [0.2, 0.25) is 5.91 Å². The Morgan fingerprint density at radius 3 is 2.90 bits per heavy atom. The molecule has 6 nitrogen and oxygen atoms in total. The monoisotopic (exact) mass is 273 g/mol. The first kappa shape index (κ1) is 13.8. The number of carbonyl (C=O) groups is 1. The minimum absolute atomic E-state index is 0.0901. The molecule has 104 valence electrons. The summed E-state index contributed by atoms with van der Waals surface area (Å²) in [5.41, 5.74) is 0.310. The number of carbonyl (C=O) groups excluding carboxylic acids is 1. The minimum Gasteiger partial charge on any atom is -0.492 e. The Morgan fingerprint density at radius 1 is 1.35 bits per heavy atom. The number of para-hydroxylation sites is 2. The SMILES string of the molecule is CCOc1ccccc1NC(=O)Cn1cnccc1=O. The van der Waals surface area contributed by atoms with Crippen LogP contribution in [0.3, 0.4) is 0 Å².